The lowest BCUT2D eigenvalue weighted by atomic mass is 9.99. The van der Waals surface area contributed by atoms with E-state index in [0.29, 0.717) is 5.56 Å². The summed E-state index contributed by atoms with van der Waals surface area (Å²) >= 11 is 0. The van der Waals surface area contributed by atoms with Crippen molar-refractivity contribution in [3.05, 3.63) is 47.3 Å². The second kappa shape index (κ2) is 6.31. The topological polar surface area (TPSA) is 51.0 Å². The fourth-order valence-corrected chi connectivity index (χ4v) is 2.85. The first-order chi connectivity index (χ1) is 11.8. The summed E-state index contributed by atoms with van der Waals surface area (Å²) in [5.74, 6) is -0.0202. The van der Waals surface area contributed by atoms with Gasteiger partial charge in [-0.1, -0.05) is 12.1 Å². The van der Waals surface area contributed by atoms with Crippen LogP contribution in [0.4, 0.5) is 0 Å². The predicted octanol–water partition coefficient (Wildman–Crippen LogP) is 4.00. The molecule has 2 aromatic heterocycles. The van der Waals surface area contributed by atoms with Crippen LogP contribution < -0.4 is 0 Å². The summed E-state index contributed by atoms with van der Waals surface area (Å²) in [6.07, 6.45) is 3.79. The van der Waals surface area contributed by atoms with Crippen LogP contribution in [-0.2, 0) is 0 Å². The van der Waals surface area contributed by atoms with Crippen LogP contribution in [0.3, 0.4) is 0 Å². The molecule has 0 saturated heterocycles. The Morgan fingerprint density at radius 3 is 2.52 bits per heavy atom. The minimum absolute atomic E-state index is 0.0202. The molecule has 0 radical (unpaired) electrons. The molecule has 1 aromatic carbocycles. The molecule has 25 heavy (non-hydrogen) atoms. The minimum atomic E-state index is -0.0202. The highest BCUT2D eigenvalue weighted by Gasteiger charge is 2.18. The van der Waals surface area contributed by atoms with Gasteiger partial charge >= 0.3 is 0 Å². The van der Waals surface area contributed by atoms with Crippen LogP contribution in [0.2, 0.25) is 0 Å². The third kappa shape index (κ3) is 3.02. The molecule has 0 spiro atoms. The van der Waals surface area contributed by atoms with Crippen molar-refractivity contribution in [3.8, 4) is 11.3 Å². The van der Waals surface area contributed by atoms with Gasteiger partial charge in [0.05, 0.1) is 23.0 Å². The number of hydrogen-bond acceptors (Lipinski definition) is 3. The van der Waals surface area contributed by atoms with Gasteiger partial charge in [0.1, 0.15) is 0 Å². The van der Waals surface area contributed by atoms with Gasteiger partial charge in [-0.05, 0) is 44.9 Å². The van der Waals surface area contributed by atoms with Gasteiger partial charge < -0.3 is 4.90 Å². The van der Waals surface area contributed by atoms with Gasteiger partial charge in [0.25, 0.3) is 5.91 Å². The van der Waals surface area contributed by atoms with Crippen LogP contribution in [0.15, 0.2) is 30.6 Å². The monoisotopic (exact) mass is 336 g/mol. The van der Waals surface area contributed by atoms with E-state index in [-0.39, 0.29) is 11.9 Å². The summed E-state index contributed by atoms with van der Waals surface area (Å²) in [6.45, 7) is 8.28. The molecule has 0 aliphatic carbocycles. The average Bonchev–Trinajstić information content (AvgIpc) is 3.07. The van der Waals surface area contributed by atoms with Crippen molar-refractivity contribution in [2.45, 2.75) is 33.7 Å². The molecule has 0 N–H and O–H groups in total. The Morgan fingerprint density at radius 2 is 1.92 bits per heavy atom. The van der Waals surface area contributed by atoms with Gasteiger partial charge in [-0.2, -0.15) is 5.10 Å². The van der Waals surface area contributed by atoms with Crippen molar-refractivity contribution >= 4 is 16.8 Å². The Kier molecular flexibility index (Phi) is 4.33. The normalized spacial score (nSPS) is 11.3. The quantitative estimate of drug-likeness (QED) is 0.726. The number of nitrogens with zero attached hydrogens (tertiary/aromatic N) is 4. The highest BCUT2D eigenvalue weighted by molar-refractivity contribution is 6.07. The second-order valence-corrected chi connectivity index (χ2v) is 6.96. The standard InChI is InChI=1S/C20H24N4O/c1-12(2)24-11-15(10-21-24)18-9-17(20(25)23(5)6)16-8-7-13(3)14(4)19(16)22-18/h7-12H,1-6H3. The number of pyridine rings is 1. The summed E-state index contributed by atoms with van der Waals surface area (Å²) < 4.78 is 1.90. The van der Waals surface area contributed by atoms with E-state index >= 15 is 0 Å². The Morgan fingerprint density at radius 1 is 1.20 bits per heavy atom. The first-order valence-corrected chi connectivity index (χ1v) is 8.46. The lowest BCUT2D eigenvalue weighted by Gasteiger charge is -2.15. The van der Waals surface area contributed by atoms with E-state index < -0.39 is 0 Å². The van der Waals surface area contributed by atoms with Crippen molar-refractivity contribution < 1.29 is 4.79 Å². The van der Waals surface area contributed by atoms with E-state index in [1.54, 1.807) is 19.0 Å². The van der Waals surface area contributed by atoms with E-state index in [1.807, 2.05) is 35.3 Å². The molecule has 2 heterocycles. The zero-order valence-corrected chi connectivity index (χ0v) is 15.7. The molecule has 0 saturated carbocycles. The molecule has 0 aliphatic rings. The summed E-state index contributed by atoms with van der Waals surface area (Å²) in [6, 6.07) is 6.19. The number of rotatable bonds is 3. The summed E-state index contributed by atoms with van der Waals surface area (Å²) in [4.78, 5) is 19.2. The van der Waals surface area contributed by atoms with Gasteiger partial charge in [-0.15, -0.1) is 0 Å². The number of hydrogen-bond donors (Lipinski definition) is 0. The van der Waals surface area contributed by atoms with Crippen LogP contribution in [-0.4, -0.2) is 39.7 Å². The number of aromatic nitrogens is 3. The van der Waals surface area contributed by atoms with E-state index in [4.69, 9.17) is 4.98 Å². The molecule has 3 aromatic rings. The first kappa shape index (κ1) is 17.1. The van der Waals surface area contributed by atoms with Gasteiger partial charge in [0.2, 0.25) is 0 Å². The third-order valence-corrected chi connectivity index (χ3v) is 4.57. The van der Waals surface area contributed by atoms with Crippen LogP contribution >= 0.6 is 0 Å². The molecule has 130 valence electrons. The molecule has 0 aliphatic heterocycles. The van der Waals surface area contributed by atoms with Crippen molar-refractivity contribution in [2.75, 3.05) is 14.1 Å². The van der Waals surface area contributed by atoms with Crippen molar-refractivity contribution in [1.82, 2.24) is 19.7 Å². The molecule has 3 rings (SSSR count). The smallest absolute Gasteiger partial charge is 0.254 e. The minimum Gasteiger partial charge on any atom is -0.345 e. The van der Waals surface area contributed by atoms with Crippen LogP contribution in [0.25, 0.3) is 22.2 Å². The molecular weight excluding hydrogens is 312 g/mol. The highest BCUT2D eigenvalue weighted by atomic mass is 16.2. The van der Waals surface area contributed by atoms with Gasteiger partial charge in [0.15, 0.2) is 0 Å². The number of fused-ring (bicyclic) bond motifs is 1. The maximum atomic E-state index is 12.7. The maximum absolute atomic E-state index is 12.7. The fourth-order valence-electron chi connectivity index (χ4n) is 2.85. The molecule has 5 nitrogen and oxygen atoms in total. The molecule has 0 unspecified atom stereocenters. The summed E-state index contributed by atoms with van der Waals surface area (Å²) in [7, 11) is 3.54. The fraction of sp³-hybridized carbons (Fsp3) is 0.350. The van der Waals surface area contributed by atoms with E-state index in [2.05, 4.69) is 32.8 Å². The molecule has 0 atom stereocenters. The van der Waals surface area contributed by atoms with Crippen molar-refractivity contribution in [1.29, 1.82) is 0 Å². The Balaban J connectivity index is 2.29. The highest BCUT2D eigenvalue weighted by Crippen LogP contribution is 2.29. The number of carbonyl (C=O) groups excluding carboxylic acids is 1. The summed E-state index contributed by atoms with van der Waals surface area (Å²) in [5.41, 5.74) is 5.51. The molecule has 0 bridgehead atoms. The van der Waals surface area contributed by atoms with Gasteiger partial charge in [-0.3, -0.25) is 9.48 Å². The van der Waals surface area contributed by atoms with Crippen LogP contribution in [0.1, 0.15) is 41.4 Å². The number of carbonyl (C=O) groups is 1. The number of amides is 1. The Bertz CT molecular complexity index is 954. The SMILES string of the molecule is Cc1ccc2c(C(=O)N(C)C)cc(-c3cnn(C(C)C)c3)nc2c1C. The third-order valence-electron chi connectivity index (χ3n) is 4.57. The first-order valence-electron chi connectivity index (χ1n) is 8.46. The summed E-state index contributed by atoms with van der Waals surface area (Å²) in [5, 5.41) is 5.29. The zero-order chi connectivity index (χ0) is 18.3. The van der Waals surface area contributed by atoms with Crippen molar-refractivity contribution in [3.63, 3.8) is 0 Å². The second-order valence-electron chi connectivity index (χ2n) is 6.96. The number of aryl methyl sites for hydroxylation is 2. The molecule has 1 amide bonds. The molecular formula is C20H24N4O. The lowest BCUT2D eigenvalue weighted by Crippen LogP contribution is -2.22. The molecule has 0 fully saturated rings. The zero-order valence-electron chi connectivity index (χ0n) is 15.7. The van der Waals surface area contributed by atoms with Gasteiger partial charge in [0, 0.05) is 37.3 Å². The van der Waals surface area contributed by atoms with E-state index in [9.17, 15) is 4.79 Å². The number of benzene rings is 1. The Hall–Kier alpha value is -2.69. The van der Waals surface area contributed by atoms with Crippen LogP contribution in [0.5, 0.6) is 0 Å². The lowest BCUT2D eigenvalue weighted by molar-refractivity contribution is 0.0829. The molecule has 5 heteroatoms. The average molecular weight is 336 g/mol. The van der Waals surface area contributed by atoms with E-state index in [1.165, 1.54) is 5.56 Å². The van der Waals surface area contributed by atoms with E-state index in [0.717, 1.165) is 27.7 Å². The Labute approximate surface area is 148 Å². The maximum Gasteiger partial charge on any atom is 0.254 e. The largest absolute Gasteiger partial charge is 0.345 e. The van der Waals surface area contributed by atoms with Crippen LogP contribution in [0, 0.1) is 13.8 Å². The predicted molar refractivity (Wildman–Crippen MR) is 101 cm³/mol. The van der Waals surface area contributed by atoms with Gasteiger partial charge in [-0.25, -0.2) is 4.98 Å². The van der Waals surface area contributed by atoms with Crippen molar-refractivity contribution in [2.24, 2.45) is 0 Å².